The van der Waals surface area contributed by atoms with Crippen LogP contribution in [0.4, 0.5) is 5.69 Å². The van der Waals surface area contributed by atoms with Crippen LogP contribution in [0.5, 0.6) is 0 Å². The van der Waals surface area contributed by atoms with Crippen molar-refractivity contribution in [2.24, 2.45) is 0 Å². The Balaban J connectivity index is 1.48. The summed E-state index contributed by atoms with van der Waals surface area (Å²) < 4.78 is 3.41. The van der Waals surface area contributed by atoms with Crippen molar-refractivity contribution in [1.29, 1.82) is 0 Å². The number of nitrogens with zero attached hydrogens (tertiary/aromatic N) is 7. The first-order valence-corrected chi connectivity index (χ1v) is 11.0. The summed E-state index contributed by atoms with van der Waals surface area (Å²) in [7, 11) is 0. The molecule has 1 aliphatic heterocycles. The maximum atomic E-state index is 13.0. The fraction of sp³-hybridized carbons (Fsp3) is 0.391. The minimum atomic E-state index is -0.132. The van der Waals surface area contributed by atoms with Crippen molar-refractivity contribution in [1.82, 2.24) is 28.9 Å². The van der Waals surface area contributed by atoms with E-state index < -0.39 is 0 Å². The molecular formula is C23H27N7O2. The second-order valence-electron chi connectivity index (χ2n) is 8.19. The van der Waals surface area contributed by atoms with E-state index in [1.165, 1.54) is 0 Å². The molecule has 166 valence electrons. The van der Waals surface area contributed by atoms with Gasteiger partial charge in [0.25, 0.3) is 5.56 Å². The van der Waals surface area contributed by atoms with Gasteiger partial charge in [-0.15, -0.1) is 0 Å². The fourth-order valence-corrected chi connectivity index (χ4v) is 4.35. The van der Waals surface area contributed by atoms with Crippen molar-refractivity contribution < 1.29 is 5.11 Å². The van der Waals surface area contributed by atoms with Gasteiger partial charge in [0.05, 0.1) is 41.1 Å². The third-order valence-corrected chi connectivity index (χ3v) is 6.05. The Morgan fingerprint density at radius 1 is 1.03 bits per heavy atom. The number of aliphatic hydroxyl groups is 1. The van der Waals surface area contributed by atoms with Gasteiger partial charge in [-0.25, -0.2) is 9.50 Å². The van der Waals surface area contributed by atoms with Crippen molar-refractivity contribution in [3.8, 4) is 11.4 Å². The van der Waals surface area contributed by atoms with Gasteiger partial charge in [-0.1, -0.05) is 6.92 Å². The first-order chi connectivity index (χ1) is 15.6. The highest BCUT2D eigenvalue weighted by atomic mass is 16.3. The number of fused-ring (bicyclic) bond motifs is 2. The van der Waals surface area contributed by atoms with Crippen molar-refractivity contribution in [2.75, 3.05) is 44.2 Å². The van der Waals surface area contributed by atoms with Crippen LogP contribution in [0.25, 0.3) is 22.6 Å². The van der Waals surface area contributed by atoms with Crippen LogP contribution in [-0.4, -0.2) is 73.3 Å². The first kappa shape index (κ1) is 20.6. The molecule has 5 heterocycles. The average molecular weight is 434 g/mol. The molecule has 0 bridgehead atoms. The second-order valence-corrected chi connectivity index (χ2v) is 8.19. The minimum Gasteiger partial charge on any atom is -0.395 e. The molecule has 0 saturated carbocycles. The zero-order valence-corrected chi connectivity index (χ0v) is 18.4. The van der Waals surface area contributed by atoms with Crippen molar-refractivity contribution in [3.05, 3.63) is 58.4 Å². The summed E-state index contributed by atoms with van der Waals surface area (Å²) >= 11 is 0. The monoisotopic (exact) mass is 433 g/mol. The average Bonchev–Trinajstić information content (AvgIpc) is 3.23. The van der Waals surface area contributed by atoms with Crippen LogP contribution in [0.1, 0.15) is 18.3 Å². The number of anilines is 1. The summed E-state index contributed by atoms with van der Waals surface area (Å²) in [4.78, 5) is 26.8. The summed E-state index contributed by atoms with van der Waals surface area (Å²) in [5.41, 5.74) is 5.50. The van der Waals surface area contributed by atoms with Crippen LogP contribution in [-0.2, 0) is 6.42 Å². The summed E-state index contributed by atoms with van der Waals surface area (Å²) in [5, 5.41) is 13.8. The second kappa shape index (κ2) is 8.33. The number of rotatable bonds is 5. The van der Waals surface area contributed by atoms with Crippen LogP contribution in [0.3, 0.4) is 0 Å². The molecule has 5 rings (SSSR count). The fourth-order valence-electron chi connectivity index (χ4n) is 4.35. The largest absolute Gasteiger partial charge is 0.395 e. The van der Waals surface area contributed by atoms with E-state index in [4.69, 9.17) is 10.1 Å². The number of aliphatic hydroxyl groups excluding tert-OH is 1. The number of piperazine rings is 1. The standard InChI is InChI=1S/C23H27N7O2/c1-3-18-21-12-20(26-30(21)14-16(2)24-18)19-13-23(32)29-15-17(4-5-22(29)25-19)28-8-6-27(7-9-28)10-11-31/h4-5,12-15,31H,3,6-11H2,1-2H3. The number of hydrogen-bond acceptors (Lipinski definition) is 7. The van der Waals surface area contributed by atoms with Crippen LogP contribution in [0.2, 0.25) is 0 Å². The zero-order valence-electron chi connectivity index (χ0n) is 18.4. The SMILES string of the molecule is CCc1nc(C)cn2nc(-c3cc(=O)n4cc(N5CCN(CCO)CC5)ccc4n3)cc12. The molecule has 0 unspecified atom stereocenters. The van der Waals surface area contributed by atoms with Crippen LogP contribution in [0.15, 0.2) is 41.5 Å². The molecule has 0 spiro atoms. The van der Waals surface area contributed by atoms with E-state index >= 15 is 0 Å². The predicted octanol–water partition coefficient (Wildman–Crippen LogP) is 1.39. The lowest BCUT2D eigenvalue weighted by molar-refractivity contribution is 0.189. The third-order valence-electron chi connectivity index (χ3n) is 6.05. The van der Waals surface area contributed by atoms with Gasteiger partial charge >= 0.3 is 0 Å². The van der Waals surface area contributed by atoms with Gasteiger partial charge in [0.15, 0.2) is 0 Å². The summed E-state index contributed by atoms with van der Waals surface area (Å²) in [6, 6.07) is 7.39. The highest BCUT2D eigenvalue weighted by molar-refractivity contribution is 5.66. The molecule has 0 amide bonds. The molecule has 9 nitrogen and oxygen atoms in total. The van der Waals surface area contributed by atoms with Crippen LogP contribution >= 0.6 is 0 Å². The predicted molar refractivity (Wildman–Crippen MR) is 123 cm³/mol. The minimum absolute atomic E-state index is 0.132. The highest BCUT2D eigenvalue weighted by Crippen LogP contribution is 2.21. The molecule has 0 atom stereocenters. The molecule has 1 aliphatic rings. The summed E-state index contributed by atoms with van der Waals surface area (Å²) in [5.74, 6) is 0. The lowest BCUT2D eigenvalue weighted by Crippen LogP contribution is -2.47. The number of aromatic nitrogens is 5. The molecule has 4 aromatic rings. The molecule has 32 heavy (non-hydrogen) atoms. The Labute approximate surface area is 185 Å². The van der Waals surface area contributed by atoms with Gasteiger partial charge in [0.2, 0.25) is 0 Å². The third kappa shape index (κ3) is 3.74. The van der Waals surface area contributed by atoms with E-state index in [1.807, 2.05) is 42.0 Å². The van der Waals surface area contributed by atoms with E-state index in [2.05, 4.69) is 26.8 Å². The van der Waals surface area contributed by atoms with Gasteiger partial charge in [0, 0.05) is 45.0 Å². The number of β-amino-alcohol motifs (C(OH)–C–C–N with tert-alkyl or cyclic N) is 1. The van der Waals surface area contributed by atoms with Crippen LogP contribution < -0.4 is 10.5 Å². The Kier molecular flexibility index (Phi) is 5.36. The topological polar surface area (TPSA) is 91.3 Å². The van der Waals surface area contributed by atoms with E-state index in [0.29, 0.717) is 23.6 Å². The maximum absolute atomic E-state index is 13.0. The Hall–Kier alpha value is -3.30. The molecular weight excluding hydrogens is 406 g/mol. The molecule has 1 N–H and O–H groups in total. The molecule has 0 aromatic carbocycles. The number of aryl methyl sites for hydroxylation is 2. The Morgan fingerprint density at radius 2 is 1.84 bits per heavy atom. The van der Waals surface area contributed by atoms with Gasteiger partial charge < -0.3 is 10.0 Å². The van der Waals surface area contributed by atoms with Gasteiger partial charge in [-0.3, -0.25) is 19.1 Å². The van der Waals surface area contributed by atoms with E-state index in [-0.39, 0.29) is 12.2 Å². The van der Waals surface area contributed by atoms with Crippen LogP contribution in [0, 0.1) is 6.92 Å². The van der Waals surface area contributed by atoms with E-state index in [1.54, 1.807) is 10.5 Å². The molecule has 9 heteroatoms. The van der Waals surface area contributed by atoms with E-state index in [9.17, 15) is 4.79 Å². The molecule has 4 aromatic heterocycles. The quantitative estimate of drug-likeness (QED) is 0.509. The Morgan fingerprint density at radius 3 is 2.59 bits per heavy atom. The summed E-state index contributed by atoms with van der Waals surface area (Å²) in [6.45, 7) is 8.42. The lowest BCUT2D eigenvalue weighted by atomic mass is 10.2. The number of pyridine rings is 1. The molecule has 0 aliphatic carbocycles. The highest BCUT2D eigenvalue weighted by Gasteiger charge is 2.18. The van der Waals surface area contributed by atoms with Crippen molar-refractivity contribution >= 4 is 16.9 Å². The molecule has 1 fully saturated rings. The summed E-state index contributed by atoms with van der Waals surface area (Å²) in [6.07, 6.45) is 4.56. The van der Waals surface area contributed by atoms with Gasteiger partial charge in [-0.2, -0.15) is 5.10 Å². The Bertz CT molecular complexity index is 1340. The lowest BCUT2D eigenvalue weighted by Gasteiger charge is -2.35. The first-order valence-electron chi connectivity index (χ1n) is 11.0. The zero-order chi connectivity index (χ0) is 22.2. The number of hydrogen-bond donors (Lipinski definition) is 1. The van der Waals surface area contributed by atoms with E-state index in [0.717, 1.165) is 55.2 Å². The maximum Gasteiger partial charge on any atom is 0.258 e. The van der Waals surface area contributed by atoms with Crippen molar-refractivity contribution in [3.63, 3.8) is 0 Å². The van der Waals surface area contributed by atoms with Gasteiger partial charge in [0.1, 0.15) is 11.3 Å². The normalized spacial score (nSPS) is 15.2. The van der Waals surface area contributed by atoms with Crippen molar-refractivity contribution in [2.45, 2.75) is 20.3 Å². The smallest absolute Gasteiger partial charge is 0.258 e. The molecule has 0 radical (unpaired) electrons. The van der Waals surface area contributed by atoms with Gasteiger partial charge in [-0.05, 0) is 31.5 Å². The molecule has 1 saturated heterocycles.